The van der Waals surface area contributed by atoms with Gasteiger partial charge in [-0.05, 0) is 72.1 Å². The minimum absolute atomic E-state index is 0.0375. The zero-order valence-corrected chi connectivity index (χ0v) is 27.8. The van der Waals surface area contributed by atoms with Gasteiger partial charge in [0.05, 0.1) is 45.0 Å². The van der Waals surface area contributed by atoms with Gasteiger partial charge in [-0.1, -0.05) is 47.7 Å². The topological polar surface area (TPSA) is 118 Å². The van der Waals surface area contributed by atoms with Gasteiger partial charge in [0, 0.05) is 40.8 Å². The van der Waals surface area contributed by atoms with Crippen LogP contribution in [-0.2, 0) is 16.1 Å². The first-order chi connectivity index (χ1) is 22.1. The molecule has 2 aromatic heterocycles. The lowest BCUT2D eigenvalue weighted by Gasteiger charge is -2.25. The van der Waals surface area contributed by atoms with Crippen LogP contribution in [0.3, 0.4) is 0 Å². The number of hydrogen-bond donors (Lipinski definition) is 0. The highest BCUT2D eigenvalue weighted by molar-refractivity contribution is 9.10. The molecule has 0 N–H and O–H groups in total. The Balaban J connectivity index is 1.52. The minimum Gasteiger partial charge on any atom is -0.496 e. The number of halogens is 1. The molecule has 0 bridgehead atoms. The molecule has 0 spiro atoms. The van der Waals surface area contributed by atoms with Crippen molar-refractivity contribution in [1.82, 2.24) is 9.13 Å². The first kappa shape index (κ1) is 31.2. The number of esters is 1. The van der Waals surface area contributed by atoms with E-state index in [1.807, 2.05) is 49.4 Å². The summed E-state index contributed by atoms with van der Waals surface area (Å²) in [6, 6.07) is 19.2. The molecule has 12 heteroatoms. The number of nitrogens with zero attached hydrogens (tertiary/aromatic N) is 4. The van der Waals surface area contributed by atoms with E-state index in [4.69, 9.17) is 14.5 Å². The van der Waals surface area contributed by atoms with E-state index in [0.717, 1.165) is 27.7 Å². The van der Waals surface area contributed by atoms with E-state index in [0.29, 0.717) is 42.9 Å². The molecule has 3 heterocycles. The van der Waals surface area contributed by atoms with Crippen LogP contribution in [0.1, 0.15) is 42.3 Å². The van der Waals surface area contributed by atoms with Crippen LogP contribution >= 0.6 is 27.3 Å². The van der Waals surface area contributed by atoms with Crippen molar-refractivity contribution in [3.63, 3.8) is 0 Å². The first-order valence-electron chi connectivity index (χ1n) is 14.5. The number of carbonyl (C=O) groups excluding carboxylic acids is 1. The SMILES string of the molecule is CCOC(=O)C1=C(C)N=c2s/c(=C/c3c(C)n(Cc4ccc([N+](=O)[O-])cc4)c4ccccc34)c(=O)n2[C@@H]1c1ccc(OC)c(Br)c1. The maximum atomic E-state index is 14.3. The molecule has 1 atom stereocenters. The summed E-state index contributed by atoms with van der Waals surface area (Å²) in [4.78, 5) is 43.5. The molecule has 0 saturated heterocycles. The predicted molar refractivity (Wildman–Crippen MR) is 180 cm³/mol. The third-order valence-corrected chi connectivity index (χ3v) is 9.65. The van der Waals surface area contributed by atoms with Crippen LogP contribution in [0.2, 0.25) is 0 Å². The molecule has 0 radical (unpaired) electrons. The fourth-order valence-corrected chi connectivity index (χ4v) is 7.43. The summed E-state index contributed by atoms with van der Waals surface area (Å²) >= 11 is 4.81. The summed E-state index contributed by atoms with van der Waals surface area (Å²) in [5.41, 5.74) is 4.95. The van der Waals surface area contributed by atoms with E-state index in [1.54, 1.807) is 43.7 Å². The summed E-state index contributed by atoms with van der Waals surface area (Å²) in [5.74, 6) is 0.0928. The number of rotatable bonds is 8. The number of thiazole rings is 1. The van der Waals surface area contributed by atoms with Crippen molar-refractivity contribution in [3.8, 4) is 5.75 Å². The highest BCUT2D eigenvalue weighted by atomic mass is 79.9. The molecule has 10 nitrogen and oxygen atoms in total. The van der Waals surface area contributed by atoms with Crippen LogP contribution in [0.4, 0.5) is 5.69 Å². The molecule has 46 heavy (non-hydrogen) atoms. The predicted octanol–water partition coefficient (Wildman–Crippen LogP) is 5.79. The second-order valence-corrected chi connectivity index (χ2v) is 12.6. The van der Waals surface area contributed by atoms with Crippen molar-refractivity contribution in [1.29, 1.82) is 0 Å². The summed E-state index contributed by atoms with van der Waals surface area (Å²) in [7, 11) is 1.57. The molecule has 0 aliphatic carbocycles. The van der Waals surface area contributed by atoms with Crippen LogP contribution in [0.15, 0.2) is 92.3 Å². The molecule has 0 saturated carbocycles. The Labute approximate surface area is 275 Å². The fraction of sp³-hybridized carbons (Fsp3) is 0.206. The standard InChI is InChI=1S/C34H29BrN4O6S/c1-5-45-33(41)30-19(2)36-34-38(31(30)22-12-15-28(44-4)26(35)16-22)32(40)29(46-34)17-25-20(3)37(27-9-7-6-8-24(25)27)18-21-10-13-23(14-11-21)39(42)43/h6-17,31H,5,18H2,1-4H3/b29-17+/t31-/m1/s1. The summed E-state index contributed by atoms with van der Waals surface area (Å²) in [6.45, 7) is 6.17. The van der Waals surface area contributed by atoms with Crippen LogP contribution in [0.5, 0.6) is 5.75 Å². The number of non-ortho nitro benzene ring substituents is 1. The lowest BCUT2D eigenvalue weighted by molar-refractivity contribution is -0.384. The third kappa shape index (κ3) is 5.47. The van der Waals surface area contributed by atoms with Crippen molar-refractivity contribution in [3.05, 3.63) is 135 Å². The molecule has 0 unspecified atom stereocenters. The molecule has 5 aromatic rings. The Morgan fingerprint density at radius 2 is 1.87 bits per heavy atom. The molecule has 6 rings (SSSR count). The molecule has 234 valence electrons. The fourth-order valence-electron chi connectivity index (χ4n) is 5.84. The van der Waals surface area contributed by atoms with Crippen molar-refractivity contribution in [2.24, 2.45) is 4.99 Å². The smallest absolute Gasteiger partial charge is 0.338 e. The van der Waals surface area contributed by atoms with Gasteiger partial charge in [0.15, 0.2) is 4.80 Å². The van der Waals surface area contributed by atoms with E-state index in [9.17, 15) is 19.7 Å². The van der Waals surface area contributed by atoms with Crippen molar-refractivity contribution in [2.75, 3.05) is 13.7 Å². The monoisotopic (exact) mass is 700 g/mol. The second kappa shape index (κ2) is 12.5. The Bertz CT molecular complexity index is 2250. The Hall–Kier alpha value is -4.81. The van der Waals surface area contributed by atoms with Gasteiger partial charge in [0.2, 0.25) is 0 Å². The van der Waals surface area contributed by atoms with Gasteiger partial charge >= 0.3 is 5.97 Å². The van der Waals surface area contributed by atoms with Crippen LogP contribution in [-0.4, -0.2) is 33.7 Å². The maximum Gasteiger partial charge on any atom is 0.338 e. The van der Waals surface area contributed by atoms with Gasteiger partial charge < -0.3 is 14.0 Å². The quantitative estimate of drug-likeness (QED) is 0.115. The normalized spacial score (nSPS) is 14.7. The van der Waals surface area contributed by atoms with E-state index in [1.165, 1.54) is 23.5 Å². The molecule has 0 fully saturated rings. The molecule has 1 aliphatic heterocycles. The average Bonchev–Trinajstić information content (AvgIpc) is 3.49. The van der Waals surface area contributed by atoms with Crippen LogP contribution < -0.4 is 19.6 Å². The average molecular weight is 702 g/mol. The van der Waals surface area contributed by atoms with Crippen molar-refractivity contribution in [2.45, 2.75) is 33.4 Å². The summed E-state index contributed by atoms with van der Waals surface area (Å²) in [5, 5.41) is 12.1. The van der Waals surface area contributed by atoms with Crippen LogP contribution in [0.25, 0.3) is 17.0 Å². The first-order valence-corrected chi connectivity index (χ1v) is 16.1. The highest BCUT2D eigenvalue weighted by Gasteiger charge is 2.33. The van der Waals surface area contributed by atoms with Gasteiger partial charge in [0.1, 0.15) is 5.75 Å². The number of allylic oxidation sites excluding steroid dienone is 1. The largest absolute Gasteiger partial charge is 0.496 e. The van der Waals surface area contributed by atoms with E-state index < -0.39 is 16.9 Å². The number of carbonyl (C=O) groups is 1. The highest BCUT2D eigenvalue weighted by Crippen LogP contribution is 2.35. The lowest BCUT2D eigenvalue weighted by Crippen LogP contribution is -2.40. The van der Waals surface area contributed by atoms with Gasteiger partial charge in [-0.2, -0.15) is 0 Å². The number of benzene rings is 3. The molecule has 0 amide bonds. The third-order valence-electron chi connectivity index (χ3n) is 8.05. The number of ether oxygens (including phenoxy) is 2. The van der Waals surface area contributed by atoms with Gasteiger partial charge in [-0.3, -0.25) is 19.5 Å². The van der Waals surface area contributed by atoms with Crippen LogP contribution in [0, 0.1) is 17.0 Å². The summed E-state index contributed by atoms with van der Waals surface area (Å²) in [6.07, 6.45) is 1.89. The lowest BCUT2D eigenvalue weighted by atomic mass is 9.96. The second-order valence-electron chi connectivity index (χ2n) is 10.7. The Morgan fingerprint density at radius 3 is 2.54 bits per heavy atom. The van der Waals surface area contributed by atoms with E-state index in [-0.39, 0.29) is 17.9 Å². The van der Waals surface area contributed by atoms with Gasteiger partial charge in [0.25, 0.3) is 11.2 Å². The summed E-state index contributed by atoms with van der Waals surface area (Å²) < 4.78 is 15.7. The Morgan fingerprint density at radius 1 is 1.13 bits per heavy atom. The van der Waals surface area contributed by atoms with E-state index >= 15 is 0 Å². The zero-order valence-electron chi connectivity index (χ0n) is 25.4. The van der Waals surface area contributed by atoms with Gasteiger partial charge in [-0.15, -0.1) is 0 Å². The van der Waals surface area contributed by atoms with E-state index in [2.05, 4.69) is 20.5 Å². The van der Waals surface area contributed by atoms with Crippen molar-refractivity contribution >= 4 is 55.9 Å². The number of methoxy groups -OCH3 is 1. The molecular weight excluding hydrogens is 672 g/mol. The molecular formula is C34H29BrN4O6S. The minimum atomic E-state index is -0.760. The maximum absolute atomic E-state index is 14.3. The molecule has 1 aliphatic rings. The van der Waals surface area contributed by atoms with Gasteiger partial charge in [-0.25, -0.2) is 9.79 Å². The number of nitro benzene ring substituents is 1. The number of hydrogen-bond acceptors (Lipinski definition) is 8. The number of para-hydroxylation sites is 1. The number of aromatic nitrogens is 2. The number of fused-ring (bicyclic) bond motifs is 2. The zero-order chi connectivity index (χ0) is 32.7. The number of nitro groups is 1. The Kier molecular flexibility index (Phi) is 8.49. The van der Waals surface area contributed by atoms with Crippen molar-refractivity contribution < 1.29 is 19.2 Å². The molecule has 3 aromatic carbocycles.